The van der Waals surface area contributed by atoms with Gasteiger partial charge >= 0.3 is 226 Å². The van der Waals surface area contributed by atoms with Crippen LogP contribution in [-0.2, 0) is 21.7 Å². The van der Waals surface area contributed by atoms with Crippen molar-refractivity contribution in [2.24, 2.45) is 0 Å². The Kier molecular flexibility index (Phi) is 8.98. The average Bonchev–Trinajstić information content (AvgIpc) is 3.44. The van der Waals surface area contributed by atoms with Crippen molar-refractivity contribution in [2.45, 2.75) is 34.2 Å². The van der Waals surface area contributed by atoms with Gasteiger partial charge in [0.05, 0.1) is 0 Å². The maximum absolute atomic E-state index is 15.8. The molecule has 0 fully saturated rings. The van der Waals surface area contributed by atoms with Crippen LogP contribution in [0.15, 0.2) is 108 Å². The van der Waals surface area contributed by atoms with Gasteiger partial charge in [-0.2, -0.15) is 0 Å². The number of allylic oxidation sites excluding steroid dienone is 2. The van der Waals surface area contributed by atoms with E-state index in [2.05, 4.69) is 136 Å². The van der Waals surface area contributed by atoms with Crippen LogP contribution in [0, 0.1) is 0 Å². The van der Waals surface area contributed by atoms with Crippen LogP contribution >= 0.6 is 24.8 Å². The van der Waals surface area contributed by atoms with Gasteiger partial charge in [0, 0.05) is 0 Å². The quantitative estimate of drug-likeness (QED) is 0.201. The molecule has 0 aromatic heterocycles. The Hall–Kier alpha value is -2.16. The largest absolute Gasteiger partial charge is 0.147 e. The van der Waals surface area contributed by atoms with Gasteiger partial charge in [-0.1, -0.05) is 0 Å². The summed E-state index contributed by atoms with van der Waals surface area (Å²) in [7, 11) is 0. The van der Waals surface area contributed by atoms with Gasteiger partial charge in [-0.15, -0.1) is 24.8 Å². The van der Waals surface area contributed by atoms with E-state index in [1.54, 1.807) is 0 Å². The van der Waals surface area contributed by atoms with E-state index in [0.29, 0.717) is 0 Å². The minimum absolute atomic E-state index is 0. The third-order valence-corrected chi connectivity index (χ3v) is 32.9. The molecule has 2 aliphatic rings. The van der Waals surface area contributed by atoms with Crippen molar-refractivity contribution in [1.29, 1.82) is 0 Å². The molecule has 198 valence electrons. The molecule has 0 saturated carbocycles. The van der Waals surface area contributed by atoms with Crippen molar-refractivity contribution in [2.75, 3.05) is 0 Å². The summed E-state index contributed by atoms with van der Waals surface area (Å²) in [6.45, 7) is 9.07. The number of hydrogen-bond acceptors (Lipinski definition) is 1. The summed E-state index contributed by atoms with van der Waals surface area (Å²) in [6, 6.07) is 34.5. The van der Waals surface area contributed by atoms with Crippen molar-refractivity contribution in [3.05, 3.63) is 130 Å². The van der Waals surface area contributed by atoms with Gasteiger partial charge in [-0.25, -0.2) is 0 Å². The van der Waals surface area contributed by atoms with E-state index in [1.165, 1.54) is 55.7 Å². The van der Waals surface area contributed by atoms with E-state index in [9.17, 15) is 0 Å². The normalized spacial score (nSPS) is 17.6. The Bertz CT molecular complexity index is 1590. The first-order valence-corrected chi connectivity index (χ1v) is 23.2. The summed E-state index contributed by atoms with van der Waals surface area (Å²) in [4.78, 5) is 0. The van der Waals surface area contributed by atoms with Crippen LogP contribution in [-0.4, -0.2) is 5.43 Å². The summed E-state index contributed by atoms with van der Waals surface area (Å²) in [5.74, 6) is 0. The molecule has 2 atom stereocenters. The summed E-state index contributed by atoms with van der Waals surface area (Å²) >= 11 is -4.15. The fraction of sp³-hybridized carbons (Fsp3) is 0.176. The molecule has 0 amide bonds. The van der Waals surface area contributed by atoms with Crippen LogP contribution in [0.2, 0.25) is 13.1 Å². The Balaban J connectivity index is 0.00000176. The fourth-order valence-corrected chi connectivity index (χ4v) is 29.0. The number of benzene rings is 4. The van der Waals surface area contributed by atoms with Gasteiger partial charge in [0.2, 0.25) is 0 Å². The maximum atomic E-state index is 15.8. The van der Waals surface area contributed by atoms with Gasteiger partial charge in [-0.05, 0) is 0 Å². The summed E-state index contributed by atoms with van der Waals surface area (Å²) in [5, 5.41) is 0. The summed E-state index contributed by atoms with van der Waals surface area (Å²) in [6.07, 6.45) is 4.68. The van der Waals surface area contributed by atoms with Crippen LogP contribution in [0.1, 0.15) is 43.4 Å². The second-order valence-corrected chi connectivity index (χ2v) is 31.5. The molecule has 0 N–H and O–H groups in total. The Labute approximate surface area is 249 Å². The topological polar surface area (TPSA) is 17.1 Å². The third-order valence-electron chi connectivity index (χ3n) is 8.37. The molecule has 0 heterocycles. The van der Waals surface area contributed by atoms with Crippen LogP contribution in [0.3, 0.4) is 0 Å². The van der Waals surface area contributed by atoms with Gasteiger partial charge in [0.25, 0.3) is 0 Å². The molecule has 6 rings (SSSR count). The van der Waals surface area contributed by atoms with Crippen molar-refractivity contribution < 1.29 is 21.7 Å². The molecular formula is C34H34Cl2OSiZr. The first-order chi connectivity index (χ1) is 17.9. The molecule has 0 bridgehead atoms. The van der Waals surface area contributed by atoms with E-state index < -0.39 is 24.3 Å². The number of hydrogen-bond donors (Lipinski definition) is 0. The molecule has 0 aliphatic heterocycles. The summed E-state index contributed by atoms with van der Waals surface area (Å²) < 4.78 is 16.0. The molecule has 0 radical (unpaired) electrons. The Morgan fingerprint density at radius 3 is 1.31 bits per heavy atom. The first kappa shape index (κ1) is 29.8. The second-order valence-electron chi connectivity index (χ2n) is 10.8. The van der Waals surface area contributed by atoms with Crippen molar-refractivity contribution >= 4 is 42.4 Å². The molecule has 4 aromatic rings. The molecule has 1 nitrogen and oxygen atoms in total. The smallest absolute Gasteiger partial charge is 0.147 e. The Morgan fingerprint density at radius 2 is 0.949 bits per heavy atom. The van der Waals surface area contributed by atoms with Crippen molar-refractivity contribution in [3.8, 4) is 22.3 Å². The molecule has 39 heavy (non-hydrogen) atoms. The standard InChI is InChI=1S/2C16H13.C2H6Si.2ClH.O.Zr/c2*1-12-10-14-8-5-9-15(16(14)11-12)13-6-3-2-4-7-13;1-3-2;;;;/h2*2-11H,1H3;1-2H3;2*1H;;. The predicted molar refractivity (Wildman–Crippen MR) is 169 cm³/mol. The summed E-state index contributed by atoms with van der Waals surface area (Å²) in [5.41, 5.74) is 11.6. The predicted octanol–water partition coefficient (Wildman–Crippen LogP) is 10.2. The fourth-order valence-electron chi connectivity index (χ4n) is 6.73. The molecule has 2 unspecified atom stereocenters. The zero-order valence-corrected chi connectivity index (χ0v) is 27.9. The van der Waals surface area contributed by atoms with E-state index >= 15 is 2.81 Å². The van der Waals surface area contributed by atoms with E-state index in [0.717, 1.165) is 0 Å². The number of rotatable bonds is 4. The van der Waals surface area contributed by atoms with Crippen LogP contribution in [0.25, 0.3) is 34.4 Å². The molecule has 4 aromatic carbocycles. The molecule has 2 aliphatic carbocycles. The molecular weight excluding hydrogens is 615 g/mol. The first-order valence-electron chi connectivity index (χ1n) is 13.2. The molecule has 5 heteroatoms. The van der Waals surface area contributed by atoms with Crippen molar-refractivity contribution in [1.82, 2.24) is 0 Å². The number of fused-ring (bicyclic) bond motifs is 2. The van der Waals surface area contributed by atoms with Gasteiger partial charge < -0.3 is 0 Å². The minimum atomic E-state index is -4.15. The molecule has 0 spiro atoms. The Morgan fingerprint density at radius 1 is 0.564 bits per heavy atom. The monoisotopic (exact) mass is 646 g/mol. The van der Waals surface area contributed by atoms with E-state index in [1.807, 2.05) is 0 Å². The van der Waals surface area contributed by atoms with Crippen LogP contribution in [0.5, 0.6) is 0 Å². The molecule has 0 saturated heterocycles. The average molecular weight is 649 g/mol. The van der Waals surface area contributed by atoms with Crippen molar-refractivity contribution in [3.63, 3.8) is 0 Å². The van der Waals surface area contributed by atoms with E-state index in [4.69, 9.17) is 0 Å². The van der Waals surface area contributed by atoms with Gasteiger partial charge in [-0.3, -0.25) is 0 Å². The van der Waals surface area contributed by atoms with Gasteiger partial charge in [0.15, 0.2) is 0 Å². The zero-order chi connectivity index (χ0) is 25.7. The maximum Gasteiger partial charge on any atom is -0.147 e. The zero-order valence-electron chi connectivity index (χ0n) is 22.8. The SMILES string of the molecule is CC1=Cc2c(-c3ccccc3)cccc2[CH]1[Zr](=[O])([CH]1C(C)=Cc2c(-c3ccccc3)cccc21)=[Si](C)C.Cl.Cl. The van der Waals surface area contributed by atoms with Crippen LogP contribution in [0.4, 0.5) is 0 Å². The van der Waals surface area contributed by atoms with Crippen LogP contribution < -0.4 is 0 Å². The minimum Gasteiger partial charge on any atom is -0.147 e. The second kappa shape index (κ2) is 11.8. The number of halogens is 2. The van der Waals surface area contributed by atoms with E-state index in [-0.39, 0.29) is 32.1 Å². The van der Waals surface area contributed by atoms with Gasteiger partial charge in [0.1, 0.15) is 0 Å². The third kappa shape index (κ3) is 4.87.